The zero-order chi connectivity index (χ0) is 5.98. The van der Waals surface area contributed by atoms with Crippen LogP contribution in [-0.2, 0) is 6.54 Å². The van der Waals surface area contributed by atoms with Gasteiger partial charge >= 0.3 is 0 Å². The number of aromatic nitrogens is 2. The maximum atomic E-state index is 5.11. The van der Waals surface area contributed by atoms with Crippen molar-refractivity contribution in [3.8, 4) is 0 Å². The van der Waals surface area contributed by atoms with Gasteiger partial charge in [-0.05, 0) is 5.16 Å². The summed E-state index contributed by atoms with van der Waals surface area (Å²) in [6, 6.07) is 0. The highest BCUT2D eigenvalue weighted by Crippen LogP contribution is 1.93. The summed E-state index contributed by atoms with van der Waals surface area (Å²) >= 11 is 0. The summed E-state index contributed by atoms with van der Waals surface area (Å²) in [5.41, 5.74) is 10.2. The molecule has 0 saturated carbocycles. The van der Waals surface area contributed by atoms with E-state index in [2.05, 4.69) is 14.7 Å². The van der Waals surface area contributed by atoms with Crippen molar-refractivity contribution in [2.45, 2.75) is 6.54 Å². The Hall–Kier alpha value is -1.10. The van der Waals surface area contributed by atoms with E-state index >= 15 is 0 Å². The first-order valence-electron chi connectivity index (χ1n) is 2.11. The summed E-state index contributed by atoms with van der Waals surface area (Å²) < 4.78 is 4.50. The molecule has 0 spiro atoms. The highest BCUT2D eigenvalue weighted by molar-refractivity contribution is 5.09. The normalized spacial score (nSPS) is 9.62. The molecule has 0 atom stereocenters. The predicted molar refractivity (Wildman–Crippen MR) is 26.6 cm³/mol. The lowest BCUT2D eigenvalue weighted by molar-refractivity contribution is 0.381. The van der Waals surface area contributed by atoms with Gasteiger partial charge in [0, 0.05) is 0 Å². The van der Waals surface area contributed by atoms with Crippen LogP contribution in [0.1, 0.15) is 5.89 Å². The lowest BCUT2D eigenvalue weighted by Gasteiger charge is -1.75. The van der Waals surface area contributed by atoms with E-state index < -0.39 is 0 Å². The number of rotatable bonds is 1. The molecule has 0 aliphatic heterocycles. The number of nitrogens with two attached hydrogens (primary N) is 2. The monoisotopic (exact) mass is 114 g/mol. The Labute approximate surface area is 45.7 Å². The van der Waals surface area contributed by atoms with E-state index in [9.17, 15) is 0 Å². The van der Waals surface area contributed by atoms with Crippen LogP contribution in [0.4, 0.5) is 5.95 Å². The SMILES string of the molecule is NCc1nc(N)no1. The van der Waals surface area contributed by atoms with Gasteiger partial charge in [-0.15, -0.1) is 0 Å². The van der Waals surface area contributed by atoms with Crippen molar-refractivity contribution in [1.29, 1.82) is 0 Å². The van der Waals surface area contributed by atoms with Crippen LogP contribution in [0.3, 0.4) is 0 Å². The zero-order valence-corrected chi connectivity index (χ0v) is 4.16. The second kappa shape index (κ2) is 1.79. The van der Waals surface area contributed by atoms with Crippen molar-refractivity contribution in [1.82, 2.24) is 10.1 Å². The lowest BCUT2D eigenvalue weighted by atomic mass is 10.7. The highest BCUT2D eigenvalue weighted by Gasteiger charge is 1.96. The number of hydrogen-bond acceptors (Lipinski definition) is 5. The quantitative estimate of drug-likeness (QED) is 0.494. The third-order valence-corrected chi connectivity index (χ3v) is 0.658. The molecule has 0 aromatic carbocycles. The zero-order valence-electron chi connectivity index (χ0n) is 4.16. The third-order valence-electron chi connectivity index (χ3n) is 0.658. The molecule has 0 fully saturated rings. The van der Waals surface area contributed by atoms with Crippen molar-refractivity contribution >= 4 is 5.95 Å². The standard InChI is InChI=1S/C3H6N4O/c4-1-2-6-3(5)7-8-2/h1,4H2,(H2,5,7). The fraction of sp³-hybridized carbons (Fsp3) is 0.333. The van der Waals surface area contributed by atoms with E-state index in [0.717, 1.165) is 0 Å². The molecule has 5 nitrogen and oxygen atoms in total. The van der Waals surface area contributed by atoms with Crippen LogP contribution >= 0.6 is 0 Å². The van der Waals surface area contributed by atoms with Crippen molar-refractivity contribution in [3.05, 3.63) is 5.89 Å². The fourth-order valence-corrected chi connectivity index (χ4v) is 0.351. The van der Waals surface area contributed by atoms with E-state index in [4.69, 9.17) is 11.5 Å². The van der Waals surface area contributed by atoms with Gasteiger partial charge in [0.25, 0.3) is 5.95 Å². The Morgan fingerprint density at radius 3 is 2.62 bits per heavy atom. The van der Waals surface area contributed by atoms with Crippen LogP contribution in [0.15, 0.2) is 4.52 Å². The number of hydrogen-bond donors (Lipinski definition) is 2. The molecule has 4 N–H and O–H groups in total. The molecule has 8 heavy (non-hydrogen) atoms. The Morgan fingerprint density at radius 1 is 1.62 bits per heavy atom. The number of nitrogens with zero attached hydrogens (tertiary/aromatic N) is 2. The third kappa shape index (κ3) is 0.760. The summed E-state index contributed by atoms with van der Waals surface area (Å²) in [5, 5.41) is 3.30. The minimum absolute atomic E-state index is 0.130. The van der Waals surface area contributed by atoms with Gasteiger partial charge in [-0.1, -0.05) is 0 Å². The largest absolute Gasteiger partial charge is 0.365 e. The Bertz CT molecular complexity index is 172. The number of nitrogen functional groups attached to an aromatic ring is 1. The maximum absolute atomic E-state index is 5.11. The molecular weight excluding hydrogens is 108 g/mol. The molecule has 1 heterocycles. The average Bonchev–Trinajstić information content (AvgIpc) is 2.14. The van der Waals surface area contributed by atoms with Crippen LogP contribution in [0, 0.1) is 0 Å². The van der Waals surface area contributed by atoms with Gasteiger partial charge in [0.1, 0.15) is 0 Å². The summed E-state index contributed by atoms with van der Waals surface area (Å²) in [7, 11) is 0. The van der Waals surface area contributed by atoms with Gasteiger partial charge in [-0.3, -0.25) is 0 Å². The molecule has 0 aliphatic carbocycles. The Kier molecular flexibility index (Phi) is 1.13. The summed E-state index contributed by atoms with van der Waals surface area (Å²) in [4.78, 5) is 3.60. The van der Waals surface area contributed by atoms with Gasteiger partial charge in [0.2, 0.25) is 5.89 Å². The maximum Gasteiger partial charge on any atom is 0.260 e. The van der Waals surface area contributed by atoms with Gasteiger partial charge in [-0.25, -0.2) is 0 Å². The summed E-state index contributed by atoms with van der Waals surface area (Å²) in [6.45, 7) is 0.240. The van der Waals surface area contributed by atoms with Crippen LogP contribution < -0.4 is 11.5 Å². The van der Waals surface area contributed by atoms with Crippen molar-refractivity contribution in [3.63, 3.8) is 0 Å². The summed E-state index contributed by atoms with van der Waals surface area (Å²) in [6.07, 6.45) is 0. The predicted octanol–water partition coefficient (Wildman–Crippen LogP) is -0.890. The fourth-order valence-electron chi connectivity index (χ4n) is 0.351. The van der Waals surface area contributed by atoms with Crippen LogP contribution in [0.2, 0.25) is 0 Å². The van der Waals surface area contributed by atoms with E-state index in [-0.39, 0.29) is 12.5 Å². The molecule has 1 aromatic rings. The number of anilines is 1. The Morgan fingerprint density at radius 2 is 2.38 bits per heavy atom. The van der Waals surface area contributed by atoms with E-state index in [1.165, 1.54) is 0 Å². The molecule has 0 amide bonds. The molecule has 0 bridgehead atoms. The first kappa shape index (κ1) is 5.04. The van der Waals surface area contributed by atoms with Gasteiger partial charge < -0.3 is 16.0 Å². The molecule has 0 unspecified atom stereocenters. The van der Waals surface area contributed by atoms with E-state index in [1.807, 2.05) is 0 Å². The summed E-state index contributed by atoms with van der Waals surface area (Å²) in [5.74, 6) is 0.493. The minimum Gasteiger partial charge on any atom is -0.365 e. The second-order valence-electron chi connectivity index (χ2n) is 1.25. The molecule has 1 rings (SSSR count). The topological polar surface area (TPSA) is 91.0 Å². The highest BCUT2D eigenvalue weighted by atomic mass is 16.5. The van der Waals surface area contributed by atoms with Crippen molar-refractivity contribution < 1.29 is 4.52 Å². The molecule has 5 heteroatoms. The first-order chi connectivity index (χ1) is 3.83. The van der Waals surface area contributed by atoms with Crippen LogP contribution in [0.5, 0.6) is 0 Å². The Balaban J connectivity index is 2.84. The average molecular weight is 114 g/mol. The van der Waals surface area contributed by atoms with Gasteiger partial charge in [0.15, 0.2) is 0 Å². The molecule has 44 valence electrons. The second-order valence-corrected chi connectivity index (χ2v) is 1.25. The van der Waals surface area contributed by atoms with Crippen LogP contribution in [-0.4, -0.2) is 10.1 Å². The van der Waals surface area contributed by atoms with Gasteiger partial charge in [-0.2, -0.15) is 4.98 Å². The molecule has 0 radical (unpaired) electrons. The lowest BCUT2D eigenvalue weighted by Crippen LogP contribution is -1.96. The molecular formula is C3H6N4O. The minimum atomic E-state index is 0.130. The van der Waals surface area contributed by atoms with E-state index in [0.29, 0.717) is 5.89 Å². The van der Waals surface area contributed by atoms with Crippen molar-refractivity contribution in [2.24, 2.45) is 5.73 Å². The van der Waals surface area contributed by atoms with Gasteiger partial charge in [0.05, 0.1) is 6.54 Å². The first-order valence-corrected chi connectivity index (χ1v) is 2.11. The smallest absolute Gasteiger partial charge is 0.260 e. The van der Waals surface area contributed by atoms with Crippen molar-refractivity contribution in [2.75, 3.05) is 5.73 Å². The van der Waals surface area contributed by atoms with E-state index in [1.54, 1.807) is 0 Å². The van der Waals surface area contributed by atoms with Crippen LogP contribution in [0.25, 0.3) is 0 Å². The molecule has 1 aromatic heterocycles. The molecule has 0 aliphatic rings. The molecule has 0 saturated heterocycles.